The molecule has 1 aromatic carbocycles. The van der Waals surface area contributed by atoms with Crippen LogP contribution < -0.4 is 10.2 Å². The number of carbonyl (C=O) groups excluding carboxylic acids is 1. The molecular formula is C17H24N2O4S. The van der Waals surface area contributed by atoms with Crippen molar-refractivity contribution in [3.8, 4) is 0 Å². The van der Waals surface area contributed by atoms with E-state index in [1.54, 1.807) is 4.90 Å². The molecule has 0 bridgehead atoms. The second kappa shape index (κ2) is 6.37. The Hall–Kier alpha value is -1.60. The molecule has 1 saturated carbocycles. The molecule has 2 aliphatic rings. The minimum absolute atomic E-state index is 0.0822. The van der Waals surface area contributed by atoms with E-state index in [1.165, 1.54) is 6.26 Å². The van der Waals surface area contributed by atoms with Crippen molar-refractivity contribution in [2.75, 3.05) is 36.6 Å². The average molecular weight is 352 g/mol. The predicted molar refractivity (Wildman–Crippen MR) is 92.9 cm³/mol. The average Bonchev–Trinajstić information content (AvgIpc) is 3.13. The molecule has 1 aliphatic heterocycles. The molecule has 1 unspecified atom stereocenters. The Morgan fingerprint density at radius 2 is 1.96 bits per heavy atom. The van der Waals surface area contributed by atoms with Crippen LogP contribution in [0.15, 0.2) is 24.3 Å². The third kappa shape index (κ3) is 4.08. The lowest BCUT2D eigenvalue weighted by molar-refractivity contribution is 0.181. The Labute approximate surface area is 143 Å². The molecule has 1 saturated heterocycles. The predicted octanol–water partition coefficient (Wildman–Crippen LogP) is 2.12. The molecule has 1 aromatic rings. The lowest BCUT2D eigenvalue weighted by atomic mass is 10.1. The van der Waals surface area contributed by atoms with Gasteiger partial charge in [0.25, 0.3) is 0 Å². The fourth-order valence-electron chi connectivity index (χ4n) is 3.16. The van der Waals surface area contributed by atoms with Crippen LogP contribution in [0.25, 0.3) is 0 Å². The summed E-state index contributed by atoms with van der Waals surface area (Å²) >= 11 is 0. The van der Waals surface area contributed by atoms with E-state index >= 15 is 0 Å². The summed E-state index contributed by atoms with van der Waals surface area (Å²) in [6.07, 6.45) is 2.94. The molecule has 1 amide bonds. The van der Waals surface area contributed by atoms with E-state index < -0.39 is 9.84 Å². The molecule has 0 radical (unpaired) electrons. The third-order valence-electron chi connectivity index (χ3n) is 4.77. The van der Waals surface area contributed by atoms with Crippen LogP contribution in [0.4, 0.5) is 10.5 Å². The molecule has 1 N–H and O–H groups in total. The summed E-state index contributed by atoms with van der Waals surface area (Å²) in [7, 11) is -2.94. The van der Waals surface area contributed by atoms with Gasteiger partial charge in [-0.3, -0.25) is 4.90 Å². The van der Waals surface area contributed by atoms with Crippen LogP contribution in [-0.4, -0.2) is 46.2 Å². The monoisotopic (exact) mass is 352 g/mol. The van der Waals surface area contributed by atoms with Gasteiger partial charge in [0.05, 0.1) is 12.3 Å². The van der Waals surface area contributed by atoms with E-state index in [0.717, 1.165) is 24.1 Å². The zero-order valence-electron chi connectivity index (χ0n) is 14.1. The Bertz CT molecular complexity index is 711. The maximum Gasteiger partial charge on any atom is 0.414 e. The normalized spacial score (nSPS) is 20.8. The highest BCUT2D eigenvalue weighted by Gasteiger charge is 2.44. The Kier molecular flexibility index (Phi) is 4.57. The zero-order chi connectivity index (χ0) is 17.4. The van der Waals surface area contributed by atoms with E-state index in [2.05, 4.69) is 12.2 Å². The first kappa shape index (κ1) is 17.2. The standard InChI is InChI=1S/C17H24N2O4S/c1-13(18-11-17(7-8-17)12-24(2,21)22)14-3-5-15(6-4-14)19-9-10-23-16(19)20/h3-6,13,18H,7-12H2,1-2H3. The molecule has 1 atom stereocenters. The fraction of sp³-hybridized carbons (Fsp3) is 0.588. The minimum Gasteiger partial charge on any atom is -0.447 e. The van der Waals surface area contributed by atoms with E-state index in [9.17, 15) is 13.2 Å². The van der Waals surface area contributed by atoms with Crippen molar-refractivity contribution in [1.82, 2.24) is 5.32 Å². The van der Waals surface area contributed by atoms with Crippen LogP contribution in [0.1, 0.15) is 31.4 Å². The van der Waals surface area contributed by atoms with Gasteiger partial charge in [-0.1, -0.05) is 12.1 Å². The van der Waals surface area contributed by atoms with Gasteiger partial charge in [-0.2, -0.15) is 0 Å². The molecule has 6 nitrogen and oxygen atoms in total. The van der Waals surface area contributed by atoms with Crippen molar-refractivity contribution in [1.29, 1.82) is 0 Å². The number of nitrogens with zero attached hydrogens (tertiary/aromatic N) is 1. The van der Waals surface area contributed by atoms with Gasteiger partial charge in [-0.05, 0) is 42.9 Å². The number of hydrogen-bond donors (Lipinski definition) is 1. The third-order valence-corrected chi connectivity index (χ3v) is 5.91. The quantitative estimate of drug-likeness (QED) is 0.813. The van der Waals surface area contributed by atoms with Gasteiger partial charge in [0, 0.05) is 24.5 Å². The number of amides is 1. The van der Waals surface area contributed by atoms with Crippen LogP contribution in [-0.2, 0) is 14.6 Å². The largest absolute Gasteiger partial charge is 0.447 e. The molecule has 0 aromatic heterocycles. The first-order valence-corrected chi connectivity index (χ1v) is 10.3. The van der Waals surface area contributed by atoms with Crippen LogP contribution in [0, 0.1) is 5.41 Å². The maximum absolute atomic E-state index is 11.6. The minimum atomic E-state index is -2.94. The summed E-state index contributed by atoms with van der Waals surface area (Å²) in [6, 6.07) is 7.96. The molecule has 1 heterocycles. The highest BCUT2D eigenvalue weighted by molar-refractivity contribution is 7.90. The number of sulfone groups is 1. The first-order valence-electron chi connectivity index (χ1n) is 8.23. The summed E-state index contributed by atoms with van der Waals surface area (Å²) in [6.45, 7) is 3.79. The van der Waals surface area contributed by atoms with Crippen LogP contribution in [0.3, 0.4) is 0 Å². The van der Waals surface area contributed by atoms with Gasteiger partial charge >= 0.3 is 6.09 Å². The van der Waals surface area contributed by atoms with Crippen molar-refractivity contribution in [2.24, 2.45) is 5.41 Å². The fourth-order valence-corrected chi connectivity index (χ4v) is 4.67. The number of carbonyl (C=O) groups is 1. The lowest BCUT2D eigenvalue weighted by Crippen LogP contribution is -2.31. The van der Waals surface area contributed by atoms with Gasteiger partial charge in [0.2, 0.25) is 0 Å². The number of benzene rings is 1. The molecule has 7 heteroatoms. The molecule has 1 aliphatic carbocycles. The van der Waals surface area contributed by atoms with Crippen LogP contribution in [0.2, 0.25) is 0 Å². The van der Waals surface area contributed by atoms with Gasteiger partial charge in [0.1, 0.15) is 16.4 Å². The zero-order valence-corrected chi connectivity index (χ0v) is 14.9. The second-order valence-corrected chi connectivity index (χ2v) is 9.17. The smallest absolute Gasteiger partial charge is 0.414 e. The molecule has 24 heavy (non-hydrogen) atoms. The number of anilines is 1. The Morgan fingerprint density at radius 1 is 1.29 bits per heavy atom. The lowest BCUT2D eigenvalue weighted by Gasteiger charge is -2.20. The van der Waals surface area contributed by atoms with Crippen LogP contribution >= 0.6 is 0 Å². The summed E-state index contributed by atoms with van der Waals surface area (Å²) in [4.78, 5) is 13.2. The van der Waals surface area contributed by atoms with Crippen molar-refractivity contribution in [2.45, 2.75) is 25.8 Å². The SMILES string of the molecule is CC(NCC1(CS(C)(=O)=O)CC1)c1ccc(N2CCOC2=O)cc1. The van der Waals surface area contributed by atoms with Crippen molar-refractivity contribution < 1.29 is 17.9 Å². The summed E-state index contributed by atoms with van der Waals surface area (Å²) in [5, 5.41) is 3.45. The molecule has 0 spiro atoms. The summed E-state index contributed by atoms with van der Waals surface area (Å²) in [5.74, 6) is 0.260. The maximum atomic E-state index is 11.6. The van der Waals surface area contributed by atoms with Crippen molar-refractivity contribution >= 4 is 21.6 Å². The highest BCUT2D eigenvalue weighted by atomic mass is 32.2. The molecule has 132 valence electrons. The van der Waals surface area contributed by atoms with E-state index in [0.29, 0.717) is 19.7 Å². The highest BCUT2D eigenvalue weighted by Crippen LogP contribution is 2.46. The van der Waals surface area contributed by atoms with E-state index in [1.807, 2.05) is 24.3 Å². The van der Waals surface area contributed by atoms with Gasteiger partial charge in [-0.25, -0.2) is 13.2 Å². The number of nitrogens with one attached hydrogen (secondary N) is 1. The number of cyclic esters (lactones) is 1. The van der Waals surface area contributed by atoms with E-state index in [-0.39, 0.29) is 23.3 Å². The second-order valence-electron chi connectivity index (χ2n) is 7.03. The van der Waals surface area contributed by atoms with Gasteiger partial charge in [0.15, 0.2) is 0 Å². The topological polar surface area (TPSA) is 75.7 Å². The van der Waals surface area contributed by atoms with Crippen LogP contribution in [0.5, 0.6) is 0 Å². The number of hydrogen-bond acceptors (Lipinski definition) is 5. The van der Waals surface area contributed by atoms with Crippen molar-refractivity contribution in [3.05, 3.63) is 29.8 Å². The Morgan fingerprint density at radius 3 is 2.46 bits per heavy atom. The van der Waals surface area contributed by atoms with Crippen molar-refractivity contribution in [3.63, 3.8) is 0 Å². The summed E-state index contributed by atoms with van der Waals surface area (Å²) in [5.41, 5.74) is 1.87. The number of ether oxygens (including phenoxy) is 1. The number of rotatable bonds is 7. The van der Waals surface area contributed by atoms with Gasteiger partial charge in [-0.15, -0.1) is 0 Å². The van der Waals surface area contributed by atoms with Gasteiger partial charge < -0.3 is 10.1 Å². The molecule has 2 fully saturated rings. The first-order chi connectivity index (χ1) is 11.3. The Balaban J connectivity index is 1.57. The summed E-state index contributed by atoms with van der Waals surface area (Å²) < 4.78 is 28.0. The van der Waals surface area contributed by atoms with E-state index in [4.69, 9.17) is 4.74 Å². The molecular weight excluding hydrogens is 328 g/mol. The molecule has 3 rings (SSSR count).